The van der Waals surface area contributed by atoms with Crippen molar-refractivity contribution in [2.75, 3.05) is 13.1 Å². The van der Waals surface area contributed by atoms with Crippen molar-refractivity contribution in [2.45, 2.75) is 39.0 Å². The minimum absolute atomic E-state index is 0.0669. The van der Waals surface area contributed by atoms with Crippen LogP contribution in [0.25, 0.3) is 11.1 Å². The average Bonchev–Trinajstić information content (AvgIpc) is 2.91. The third kappa shape index (κ3) is 8.74. The Morgan fingerprint density at radius 2 is 1.42 bits per heavy atom. The number of carboxylic acids is 1. The van der Waals surface area contributed by atoms with Gasteiger partial charge in [-0.1, -0.05) is 98.8 Å². The topological polar surface area (TPSA) is 122 Å². The van der Waals surface area contributed by atoms with E-state index in [1.165, 1.54) is 4.90 Å². The van der Waals surface area contributed by atoms with E-state index in [0.717, 1.165) is 22.3 Å². The molecular weight excluding hydrogens is 482 g/mol. The average molecular weight is 518 g/mol. The third-order valence-corrected chi connectivity index (χ3v) is 5.97. The second kappa shape index (κ2) is 13.9. The summed E-state index contributed by atoms with van der Waals surface area (Å²) >= 11 is 0. The molecule has 0 heterocycles. The number of ether oxygens (including phenoxy) is 1. The highest BCUT2D eigenvalue weighted by atomic mass is 16.5. The molecule has 4 N–H and O–H groups in total. The van der Waals surface area contributed by atoms with E-state index >= 15 is 0 Å². The van der Waals surface area contributed by atoms with Crippen LogP contribution in [-0.4, -0.2) is 53.1 Å². The van der Waals surface area contributed by atoms with Gasteiger partial charge in [0.15, 0.2) is 6.10 Å². The van der Waals surface area contributed by atoms with E-state index in [4.69, 9.17) is 10.5 Å². The Kier molecular flexibility index (Phi) is 10.4. The molecule has 0 unspecified atom stereocenters. The summed E-state index contributed by atoms with van der Waals surface area (Å²) in [5, 5.41) is 12.4. The molecule has 0 bridgehead atoms. The normalized spacial score (nSPS) is 12.5. The minimum atomic E-state index is -1.16. The highest BCUT2D eigenvalue weighted by Gasteiger charge is 2.28. The van der Waals surface area contributed by atoms with Crippen molar-refractivity contribution in [2.24, 2.45) is 11.7 Å². The van der Waals surface area contributed by atoms with Crippen LogP contribution in [0.3, 0.4) is 0 Å². The van der Waals surface area contributed by atoms with Gasteiger partial charge in [0, 0.05) is 13.0 Å². The van der Waals surface area contributed by atoms with Gasteiger partial charge in [-0.2, -0.15) is 0 Å². The number of amides is 3. The van der Waals surface area contributed by atoms with Crippen molar-refractivity contribution in [3.8, 4) is 11.1 Å². The predicted octanol–water partition coefficient (Wildman–Crippen LogP) is 4.09. The van der Waals surface area contributed by atoms with Crippen LogP contribution in [0.4, 0.5) is 4.79 Å². The molecule has 0 fully saturated rings. The Morgan fingerprint density at radius 3 is 1.97 bits per heavy atom. The number of hydrogen-bond acceptors (Lipinski definition) is 4. The summed E-state index contributed by atoms with van der Waals surface area (Å²) in [6, 6.07) is 25.0. The highest BCUT2D eigenvalue weighted by molar-refractivity contribution is 5.84. The number of urea groups is 1. The fourth-order valence-corrected chi connectivity index (χ4v) is 4.02. The molecule has 0 aromatic heterocycles. The third-order valence-electron chi connectivity index (χ3n) is 5.97. The maximum Gasteiger partial charge on any atom is 0.326 e. The minimum Gasteiger partial charge on any atom is -0.480 e. The second-order valence-corrected chi connectivity index (χ2v) is 9.59. The lowest BCUT2D eigenvalue weighted by Crippen LogP contribution is -2.53. The second-order valence-electron chi connectivity index (χ2n) is 9.59. The van der Waals surface area contributed by atoms with Crippen LogP contribution in [0.5, 0.6) is 0 Å². The van der Waals surface area contributed by atoms with Gasteiger partial charge < -0.3 is 25.8 Å². The first-order valence-electron chi connectivity index (χ1n) is 12.6. The summed E-state index contributed by atoms with van der Waals surface area (Å²) in [5.74, 6) is -1.78. The van der Waals surface area contributed by atoms with Crippen molar-refractivity contribution in [3.05, 3.63) is 96.1 Å². The van der Waals surface area contributed by atoms with E-state index < -0.39 is 30.1 Å². The number of carboxylic acid groups (broad SMARTS) is 1. The number of nitrogens with one attached hydrogen (secondary N) is 1. The predicted molar refractivity (Wildman–Crippen MR) is 146 cm³/mol. The van der Waals surface area contributed by atoms with Crippen molar-refractivity contribution in [1.29, 1.82) is 0 Å². The Bertz CT molecular complexity index is 1180. The molecule has 0 aliphatic rings. The molecule has 8 heteroatoms. The summed E-state index contributed by atoms with van der Waals surface area (Å²) in [4.78, 5) is 38.7. The molecule has 3 rings (SSSR count). The smallest absolute Gasteiger partial charge is 0.326 e. The maximum atomic E-state index is 13.2. The monoisotopic (exact) mass is 517 g/mol. The fourth-order valence-electron chi connectivity index (χ4n) is 4.02. The molecule has 0 saturated carbocycles. The van der Waals surface area contributed by atoms with Crippen LogP contribution in [0.2, 0.25) is 0 Å². The van der Waals surface area contributed by atoms with Gasteiger partial charge in [0.2, 0.25) is 5.91 Å². The summed E-state index contributed by atoms with van der Waals surface area (Å²) in [6.07, 6.45) is -0.941. The number of nitrogens with two attached hydrogens (primary N) is 1. The molecule has 0 saturated heterocycles. The standard InChI is InChI=1S/C30H35N3O5/c1-21(2)18-33(19-27(28(31)34)38-20-23-9-5-3-6-10-23)30(37)32-26(29(35)36)17-22-13-15-25(16-14-22)24-11-7-4-8-12-24/h3-16,21,26-27H,17-20H2,1-2H3,(H2,31,34)(H,32,37)(H,35,36)/t26-,27-/m0/s1. The Hall–Kier alpha value is -4.17. The molecule has 200 valence electrons. The maximum absolute atomic E-state index is 13.2. The van der Waals surface area contributed by atoms with Gasteiger partial charge in [-0.05, 0) is 28.2 Å². The van der Waals surface area contributed by atoms with Gasteiger partial charge >= 0.3 is 12.0 Å². The molecule has 0 aliphatic carbocycles. The summed E-state index contributed by atoms with van der Waals surface area (Å²) in [7, 11) is 0. The molecular formula is C30H35N3O5. The SMILES string of the molecule is CC(C)CN(C[C@H](OCc1ccccc1)C(N)=O)C(=O)N[C@@H](Cc1ccc(-c2ccccc2)cc1)C(=O)O. The Balaban J connectivity index is 1.67. The van der Waals surface area contributed by atoms with E-state index in [-0.39, 0.29) is 25.5 Å². The lowest BCUT2D eigenvalue weighted by molar-refractivity contribution is -0.139. The van der Waals surface area contributed by atoms with E-state index in [1.807, 2.05) is 98.8 Å². The molecule has 3 amide bonds. The van der Waals surface area contributed by atoms with Crippen LogP contribution in [0, 0.1) is 5.92 Å². The molecule has 8 nitrogen and oxygen atoms in total. The summed E-state index contributed by atoms with van der Waals surface area (Å²) in [5.41, 5.74) is 9.28. The first-order chi connectivity index (χ1) is 18.2. The summed E-state index contributed by atoms with van der Waals surface area (Å²) < 4.78 is 5.74. The Labute approximate surface area is 223 Å². The van der Waals surface area contributed by atoms with Crippen molar-refractivity contribution in [1.82, 2.24) is 10.2 Å². The highest BCUT2D eigenvalue weighted by Crippen LogP contribution is 2.20. The quantitative estimate of drug-likeness (QED) is 0.315. The van der Waals surface area contributed by atoms with Crippen molar-refractivity contribution < 1.29 is 24.2 Å². The molecule has 3 aromatic rings. The zero-order chi connectivity index (χ0) is 27.5. The lowest BCUT2D eigenvalue weighted by atomic mass is 10.0. The number of carbonyl (C=O) groups is 3. The van der Waals surface area contributed by atoms with Gasteiger partial charge in [-0.15, -0.1) is 0 Å². The zero-order valence-electron chi connectivity index (χ0n) is 21.7. The lowest BCUT2D eigenvalue weighted by Gasteiger charge is -2.29. The van der Waals surface area contributed by atoms with E-state index in [9.17, 15) is 19.5 Å². The number of carbonyl (C=O) groups excluding carboxylic acids is 2. The molecule has 2 atom stereocenters. The number of primary amides is 1. The van der Waals surface area contributed by atoms with Gasteiger partial charge in [-0.25, -0.2) is 9.59 Å². The molecule has 0 aliphatic heterocycles. The molecule has 3 aromatic carbocycles. The van der Waals surface area contributed by atoms with E-state index in [2.05, 4.69) is 5.32 Å². The zero-order valence-corrected chi connectivity index (χ0v) is 21.7. The molecule has 0 radical (unpaired) electrons. The molecule has 0 spiro atoms. The number of hydrogen-bond donors (Lipinski definition) is 3. The van der Waals surface area contributed by atoms with E-state index in [1.54, 1.807) is 0 Å². The van der Waals surface area contributed by atoms with Crippen LogP contribution in [0.1, 0.15) is 25.0 Å². The van der Waals surface area contributed by atoms with Crippen LogP contribution in [-0.2, 0) is 27.4 Å². The fraction of sp³-hybridized carbons (Fsp3) is 0.300. The number of nitrogens with zero attached hydrogens (tertiary/aromatic N) is 1. The van der Waals surface area contributed by atoms with Gasteiger partial charge in [0.25, 0.3) is 0 Å². The van der Waals surface area contributed by atoms with Crippen LogP contribution >= 0.6 is 0 Å². The van der Waals surface area contributed by atoms with Crippen LogP contribution in [0.15, 0.2) is 84.9 Å². The number of aliphatic carboxylic acids is 1. The first kappa shape index (κ1) is 28.4. The van der Waals surface area contributed by atoms with Crippen molar-refractivity contribution >= 4 is 17.9 Å². The van der Waals surface area contributed by atoms with Crippen molar-refractivity contribution in [3.63, 3.8) is 0 Å². The number of benzene rings is 3. The van der Waals surface area contributed by atoms with E-state index in [0.29, 0.717) is 6.54 Å². The number of rotatable bonds is 13. The van der Waals surface area contributed by atoms with Crippen LogP contribution < -0.4 is 11.1 Å². The van der Waals surface area contributed by atoms with Gasteiger partial charge in [0.1, 0.15) is 6.04 Å². The van der Waals surface area contributed by atoms with Gasteiger partial charge in [0.05, 0.1) is 13.2 Å². The van der Waals surface area contributed by atoms with Gasteiger partial charge in [-0.3, -0.25) is 4.79 Å². The first-order valence-corrected chi connectivity index (χ1v) is 12.6. The Morgan fingerprint density at radius 1 is 0.842 bits per heavy atom. The largest absolute Gasteiger partial charge is 0.480 e. The molecule has 38 heavy (non-hydrogen) atoms. The summed E-state index contributed by atoms with van der Waals surface area (Å²) in [6.45, 7) is 4.20.